The van der Waals surface area contributed by atoms with Gasteiger partial charge in [-0.05, 0) is 99.2 Å². The van der Waals surface area contributed by atoms with Gasteiger partial charge in [0, 0.05) is 5.54 Å². The molecule has 4 N–H and O–H groups in total. The first-order valence-corrected chi connectivity index (χ1v) is 10.4. The molecule has 24 heavy (non-hydrogen) atoms. The number of fused-ring (bicyclic) bond motifs is 5. The van der Waals surface area contributed by atoms with E-state index in [1.807, 2.05) is 6.92 Å². The van der Waals surface area contributed by atoms with Crippen LogP contribution in [-0.2, 0) is 0 Å². The second-order valence-electron chi connectivity index (χ2n) is 10.3. The van der Waals surface area contributed by atoms with Crippen LogP contribution >= 0.6 is 0 Å². The van der Waals surface area contributed by atoms with E-state index in [0.29, 0.717) is 23.2 Å². The van der Waals surface area contributed by atoms with Crippen LogP contribution in [0.1, 0.15) is 78.6 Å². The Kier molecular flexibility index (Phi) is 3.92. The summed E-state index contributed by atoms with van der Waals surface area (Å²) in [5.41, 5.74) is 7.60. The predicted octanol–water partition coefficient (Wildman–Crippen LogP) is 3.47. The molecule has 0 aromatic carbocycles. The van der Waals surface area contributed by atoms with Gasteiger partial charge in [0.15, 0.2) is 0 Å². The number of hydrogen-bond donors (Lipinski definition) is 3. The van der Waals surface area contributed by atoms with Gasteiger partial charge in [-0.1, -0.05) is 13.8 Å². The van der Waals surface area contributed by atoms with Gasteiger partial charge in [0.25, 0.3) is 0 Å². The summed E-state index contributed by atoms with van der Waals surface area (Å²) in [6.45, 7) is 6.86. The molecule has 4 fully saturated rings. The smallest absolute Gasteiger partial charge is 0.0546 e. The molecule has 0 radical (unpaired) electrons. The van der Waals surface area contributed by atoms with E-state index < -0.39 is 0 Å². The van der Waals surface area contributed by atoms with Crippen LogP contribution in [0.5, 0.6) is 0 Å². The molecule has 3 heteroatoms. The van der Waals surface area contributed by atoms with Crippen LogP contribution < -0.4 is 5.73 Å². The molecule has 4 aliphatic carbocycles. The molecule has 0 spiro atoms. The summed E-state index contributed by atoms with van der Waals surface area (Å²) in [5, 5.41) is 20.5. The minimum Gasteiger partial charge on any atom is -0.393 e. The highest BCUT2D eigenvalue weighted by Gasteiger charge is 2.66. The fraction of sp³-hybridized carbons (Fsp3) is 1.00. The van der Waals surface area contributed by atoms with Gasteiger partial charge in [-0.15, -0.1) is 0 Å². The van der Waals surface area contributed by atoms with Crippen LogP contribution in [0.2, 0.25) is 0 Å². The van der Waals surface area contributed by atoms with E-state index in [1.165, 1.54) is 32.1 Å². The van der Waals surface area contributed by atoms with Crippen LogP contribution in [0, 0.1) is 34.5 Å². The maximum absolute atomic E-state index is 10.4. The molecule has 9 atom stereocenters. The normalized spacial score (nSPS) is 58.5. The lowest BCUT2D eigenvalue weighted by Gasteiger charge is -2.64. The molecule has 0 aliphatic heterocycles. The van der Waals surface area contributed by atoms with Crippen molar-refractivity contribution in [2.45, 2.75) is 96.3 Å². The second-order valence-corrected chi connectivity index (χ2v) is 10.3. The van der Waals surface area contributed by atoms with Crippen molar-refractivity contribution in [2.75, 3.05) is 0 Å². The van der Waals surface area contributed by atoms with E-state index in [1.54, 1.807) is 0 Å². The van der Waals surface area contributed by atoms with Gasteiger partial charge in [-0.3, -0.25) is 0 Å². The van der Waals surface area contributed by atoms with Crippen molar-refractivity contribution in [3.8, 4) is 0 Å². The fourth-order valence-electron chi connectivity index (χ4n) is 8.12. The molecule has 3 nitrogen and oxygen atoms in total. The van der Waals surface area contributed by atoms with Crippen molar-refractivity contribution in [1.82, 2.24) is 0 Å². The molecule has 4 aliphatic rings. The van der Waals surface area contributed by atoms with Gasteiger partial charge in [-0.25, -0.2) is 0 Å². The zero-order chi connectivity index (χ0) is 17.3. The Bertz CT molecular complexity index is 508. The van der Waals surface area contributed by atoms with Crippen LogP contribution in [0.25, 0.3) is 0 Å². The molecular formula is C21H37NO2. The number of aliphatic hydroxyl groups is 2. The Hall–Kier alpha value is -0.120. The summed E-state index contributed by atoms with van der Waals surface area (Å²) in [6.07, 6.45) is 9.92. The summed E-state index contributed by atoms with van der Waals surface area (Å²) in [5.74, 6) is 2.37. The van der Waals surface area contributed by atoms with Crippen LogP contribution in [-0.4, -0.2) is 28.0 Å². The van der Waals surface area contributed by atoms with Gasteiger partial charge in [0.1, 0.15) is 0 Å². The van der Waals surface area contributed by atoms with Gasteiger partial charge in [0.2, 0.25) is 0 Å². The lowest BCUT2D eigenvalue weighted by Crippen LogP contribution is -2.66. The molecule has 2 unspecified atom stereocenters. The molecule has 0 amide bonds. The largest absolute Gasteiger partial charge is 0.393 e. The minimum absolute atomic E-state index is 0.0774. The highest BCUT2D eigenvalue weighted by atomic mass is 16.3. The summed E-state index contributed by atoms with van der Waals surface area (Å²) >= 11 is 0. The zero-order valence-electron chi connectivity index (χ0n) is 15.8. The molecule has 4 rings (SSSR count). The summed E-state index contributed by atoms with van der Waals surface area (Å²) in [6, 6.07) is 0. The molecule has 138 valence electrons. The van der Waals surface area contributed by atoms with Gasteiger partial charge in [-0.2, -0.15) is 0 Å². The standard InChI is InChI=1S/C21H37NO2/c1-13(23)16-8-11-21(22)18-5-4-14-12-15(24)6-9-19(14,2)17(18)7-10-20(16,21)3/h13-18,23-24H,4-12,22H2,1-3H3/t13?,14?,15-,16+,17-,18+,19-,20+,21-/m0/s1. The number of rotatable bonds is 1. The molecule has 0 saturated heterocycles. The van der Waals surface area contributed by atoms with Crippen LogP contribution in [0.4, 0.5) is 0 Å². The molecular weight excluding hydrogens is 298 g/mol. The van der Waals surface area contributed by atoms with Crippen molar-refractivity contribution in [1.29, 1.82) is 0 Å². The lowest BCUT2D eigenvalue weighted by atomic mass is 9.42. The molecule has 0 aromatic heterocycles. The SMILES string of the molecule is CC(O)[C@H]1CC[C@]2(N)[C@@H]3CCC4C[C@@H](O)CC[C@]4(C)[C@H]3CC[C@]12C. The molecule has 0 bridgehead atoms. The zero-order valence-corrected chi connectivity index (χ0v) is 15.8. The number of aliphatic hydroxyl groups excluding tert-OH is 2. The van der Waals surface area contributed by atoms with Crippen LogP contribution in [0.3, 0.4) is 0 Å². The van der Waals surface area contributed by atoms with E-state index >= 15 is 0 Å². The number of hydrogen-bond acceptors (Lipinski definition) is 3. The molecule has 0 aromatic rings. The highest BCUT2D eigenvalue weighted by molar-refractivity contribution is 5.19. The Morgan fingerprint density at radius 3 is 2.42 bits per heavy atom. The lowest BCUT2D eigenvalue weighted by molar-refractivity contribution is -0.141. The maximum atomic E-state index is 10.4. The van der Waals surface area contributed by atoms with Crippen molar-refractivity contribution in [2.24, 2.45) is 40.2 Å². The van der Waals surface area contributed by atoms with E-state index in [4.69, 9.17) is 5.73 Å². The first-order chi connectivity index (χ1) is 11.2. The van der Waals surface area contributed by atoms with Gasteiger partial charge < -0.3 is 15.9 Å². The Balaban J connectivity index is 1.66. The fourth-order valence-corrected chi connectivity index (χ4v) is 8.12. The quantitative estimate of drug-likeness (QED) is 0.687. The highest BCUT2D eigenvalue weighted by Crippen LogP contribution is 2.68. The van der Waals surface area contributed by atoms with E-state index in [0.717, 1.165) is 31.6 Å². The van der Waals surface area contributed by atoms with Crippen LogP contribution in [0.15, 0.2) is 0 Å². The third-order valence-electron chi connectivity index (χ3n) is 9.63. The Morgan fingerprint density at radius 2 is 1.71 bits per heavy atom. The average molecular weight is 336 g/mol. The second kappa shape index (κ2) is 5.44. The monoisotopic (exact) mass is 335 g/mol. The Labute approximate surface area is 147 Å². The van der Waals surface area contributed by atoms with Crippen molar-refractivity contribution in [3.63, 3.8) is 0 Å². The average Bonchev–Trinajstić information content (AvgIpc) is 2.80. The Morgan fingerprint density at radius 1 is 0.958 bits per heavy atom. The maximum Gasteiger partial charge on any atom is 0.0546 e. The van der Waals surface area contributed by atoms with Gasteiger partial charge >= 0.3 is 0 Å². The first-order valence-electron chi connectivity index (χ1n) is 10.4. The summed E-state index contributed by atoms with van der Waals surface area (Å²) in [4.78, 5) is 0. The first kappa shape index (κ1) is 17.3. The topological polar surface area (TPSA) is 66.5 Å². The van der Waals surface area contributed by atoms with E-state index in [-0.39, 0.29) is 23.2 Å². The summed E-state index contributed by atoms with van der Waals surface area (Å²) in [7, 11) is 0. The molecule has 4 saturated carbocycles. The predicted molar refractivity (Wildman–Crippen MR) is 96.3 cm³/mol. The third kappa shape index (κ3) is 2.07. The number of nitrogens with two attached hydrogens (primary N) is 1. The van der Waals surface area contributed by atoms with Crippen molar-refractivity contribution in [3.05, 3.63) is 0 Å². The van der Waals surface area contributed by atoms with E-state index in [2.05, 4.69) is 13.8 Å². The van der Waals surface area contributed by atoms with Crippen molar-refractivity contribution >= 4 is 0 Å². The third-order valence-corrected chi connectivity index (χ3v) is 9.63. The summed E-state index contributed by atoms with van der Waals surface area (Å²) < 4.78 is 0. The van der Waals surface area contributed by atoms with Gasteiger partial charge in [0.05, 0.1) is 12.2 Å². The van der Waals surface area contributed by atoms with Crippen molar-refractivity contribution < 1.29 is 10.2 Å². The van der Waals surface area contributed by atoms with E-state index in [9.17, 15) is 10.2 Å². The molecule has 0 heterocycles. The minimum atomic E-state index is -0.242.